The molecule has 0 saturated heterocycles. The van der Waals surface area contributed by atoms with Crippen LogP contribution in [0, 0.1) is 0 Å². The van der Waals surface area contributed by atoms with Gasteiger partial charge in [-0.05, 0) is 18.2 Å². The summed E-state index contributed by atoms with van der Waals surface area (Å²) in [5.74, 6) is -0.757. The van der Waals surface area contributed by atoms with Crippen molar-refractivity contribution in [2.24, 2.45) is 0 Å². The van der Waals surface area contributed by atoms with E-state index < -0.39 is 12.6 Å². The number of halogens is 2. The summed E-state index contributed by atoms with van der Waals surface area (Å²) < 4.78 is 39.3. The van der Waals surface area contributed by atoms with E-state index in [-0.39, 0.29) is 23.7 Å². The highest BCUT2D eigenvalue weighted by molar-refractivity contribution is 7.13. The van der Waals surface area contributed by atoms with Gasteiger partial charge in [-0.25, -0.2) is 9.78 Å². The zero-order chi connectivity index (χ0) is 19.2. The number of rotatable bonds is 7. The zero-order valence-electron chi connectivity index (χ0n) is 14.2. The van der Waals surface area contributed by atoms with Gasteiger partial charge in [-0.2, -0.15) is 8.78 Å². The number of aromatic nitrogens is 1. The van der Waals surface area contributed by atoms with Crippen LogP contribution in [0.5, 0.6) is 11.5 Å². The quantitative estimate of drug-likeness (QED) is 0.543. The van der Waals surface area contributed by atoms with Gasteiger partial charge in [-0.3, -0.25) is 0 Å². The first-order chi connectivity index (χ1) is 13.1. The molecule has 0 fully saturated rings. The van der Waals surface area contributed by atoms with Crippen LogP contribution in [0.1, 0.15) is 16.1 Å². The van der Waals surface area contributed by atoms with Crippen molar-refractivity contribution < 1.29 is 27.8 Å². The van der Waals surface area contributed by atoms with Gasteiger partial charge in [0, 0.05) is 10.9 Å². The molecular weight excluding hydrogens is 376 g/mol. The molecule has 1 heterocycles. The van der Waals surface area contributed by atoms with Gasteiger partial charge in [0.05, 0.1) is 18.4 Å². The third-order valence-electron chi connectivity index (χ3n) is 3.54. The number of nitrogens with zero attached hydrogens (tertiary/aromatic N) is 1. The van der Waals surface area contributed by atoms with Crippen molar-refractivity contribution in [1.82, 2.24) is 4.98 Å². The highest BCUT2D eigenvalue weighted by Crippen LogP contribution is 2.30. The fourth-order valence-corrected chi connectivity index (χ4v) is 3.11. The van der Waals surface area contributed by atoms with Gasteiger partial charge in [0.25, 0.3) is 0 Å². The summed E-state index contributed by atoms with van der Waals surface area (Å²) in [6.45, 7) is -2.99. The average molecular weight is 391 g/mol. The van der Waals surface area contributed by atoms with Crippen molar-refractivity contribution in [1.29, 1.82) is 0 Å². The lowest BCUT2D eigenvalue weighted by Gasteiger charge is -2.11. The van der Waals surface area contributed by atoms with Crippen molar-refractivity contribution in [3.63, 3.8) is 0 Å². The van der Waals surface area contributed by atoms with Gasteiger partial charge < -0.3 is 14.2 Å². The van der Waals surface area contributed by atoms with Crippen molar-refractivity contribution in [3.05, 3.63) is 65.2 Å². The molecule has 0 unspecified atom stereocenters. The molecule has 27 heavy (non-hydrogen) atoms. The highest BCUT2D eigenvalue weighted by Gasteiger charge is 2.15. The molecule has 0 amide bonds. The Morgan fingerprint density at radius 3 is 2.63 bits per heavy atom. The molecule has 2 aromatic carbocycles. The standard InChI is InChI=1S/C19H15F2NO4S/c1-24-16-9-13(7-8-15(16)26-19(20)21)18(23)25-10-14-11-27-17(22-14)12-5-3-2-4-6-12/h2-9,11,19H,10H2,1H3. The third-order valence-corrected chi connectivity index (χ3v) is 4.48. The van der Waals surface area contributed by atoms with Crippen LogP contribution in [-0.4, -0.2) is 24.7 Å². The number of hydrogen-bond donors (Lipinski definition) is 0. The summed E-state index contributed by atoms with van der Waals surface area (Å²) in [5, 5.41) is 2.65. The van der Waals surface area contributed by atoms with E-state index in [1.54, 1.807) is 0 Å². The molecule has 5 nitrogen and oxygen atoms in total. The van der Waals surface area contributed by atoms with Gasteiger partial charge in [0.1, 0.15) is 11.6 Å². The summed E-state index contributed by atoms with van der Waals surface area (Å²) >= 11 is 1.45. The van der Waals surface area contributed by atoms with Gasteiger partial charge in [-0.15, -0.1) is 11.3 Å². The number of thiazole rings is 1. The minimum atomic E-state index is -2.99. The van der Waals surface area contributed by atoms with Gasteiger partial charge in [-0.1, -0.05) is 30.3 Å². The molecule has 8 heteroatoms. The third kappa shape index (κ3) is 4.79. The Morgan fingerprint density at radius 1 is 1.15 bits per heavy atom. The number of benzene rings is 2. The summed E-state index contributed by atoms with van der Waals surface area (Å²) in [6.07, 6.45) is 0. The smallest absolute Gasteiger partial charge is 0.387 e. The van der Waals surface area contributed by atoms with Gasteiger partial charge >= 0.3 is 12.6 Å². The Hall–Kier alpha value is -3.00. The van der Waals surface area contributed by atoms with Gasteiger partial charge in [0.2, 0.25) is 0 Å². The molecule has 3 aromatic rings. The van der Waals surface area contributed by atoms with Crippen LogP contribution < -0.4 is 9.47 Å². The molecule has 0 spiro atoms. The van der Waals surface area contributed by atoms with Crippen LogP contribution in [-0.2, 0) is 11.3 Å². The van der Waals surface area contributed by atoms with Crippen LogP contribution in [0.3, 0.4) is 0 Å². The summed E-state index contributed by atoms with van der Waals surface area (Å²) in [5.41, 5.74) is 1.77. The topological polar surface area (TPSA) is 57.7 Å². The van der Waals surface area contributed by atoms with E-state index in [0.717, 1.165) is 10.6 Å². The first-order valence-corrected chi connectivity index (χ1v) is 8.74. The molecule has 0 aliphatic heterocycles. The Bertz CT molecular complexity index is 915. The second-order valence-electron chi connectivity index (χ2n) is 5.33. The molecule has 1 aromatic heterocycles. The Labute approximate surface area is 158 Å². The first kappa shape index (κ1) is 18.8. The van der Waals surface area contributed by atoms with E-state index >= 15 is 0 Å². The van der Waals surface area contributed by atoms with Crippen molar-refractivity contribution in [2.75, 3.05) is 7.11 Å². The van der Waals surface area contributed by atoms with Crippen LogP contribution >= 0.6 is 11.3 Å². The summed E-state index contributed by atoms with van der Waals surface area (Å²) in [4.78, 5) is 16.6. The fourth-order valence-electron chi connectivity index (χ4n) is 2.30. The minimum absolute atomic E-state index is 0.000230. The Kier molecular flexibility index (Phi) is 5.97. The predicted octanol–water partition coefficient (Wildman–Crippen LogP) is 4.78. The SMILES string of the molecule is COc1cc(C(=O)OCc2csc(-c3ccccc3)n2)ccc1OC(F)F. The second kappa shape index (κ2) is 8.59. The molecule has 0 radical (unpaired) electrons. The number of carbonyl (C=O) groups is 1. The van der Waals surface area contributed by atoms with Crippen LogP contribution in [0.4, 0.5) is 8.78 Å². The molecule has 3 rings (SSSR count). The molecular formula is C19H15F2NO4S. The molecule has 0 saturated carbocycles. The highest BCUT2D eigenvalue weighted by atomic mass is 32.1. The lowest BCUT2D eigenvalue weighted by atomic mass is 10.2. The maximum atomic E-state index is 12.4. The maximum Gasteiger partial charge on any atom is 0.387 e. The van der Waals surface area contributed by atoms with E-state index in [4.69, 9.17) is 9.47 Å². The van der Waals surface area contributed by atoms with E-state index in [2.05, 4.69) is 9.72 Å². The van der Waals surface area contributed by atoms with E-state index in [1.165, 1.54) is 36.6 Å². The molecule has 0 aliphatic rings. The van der Waals surface area contributed by atoms with Gasteiger partial charge in [0.15, 0.2) is 11.5 Å². The van der Waals surface area contributed by atoms with Crippen LogP contribution in [0.15, 0.2) is 53.9 Å². The lowest BCUT2D eigenvalue weighted by molar-refractivity contribution is -0.0512. The predicted molar refractivity (Wildman–Crippen MR) is 96.3 cm³/mol. The second-order valence-corrected chi connectivity index (χ2v) is 6.19. The Balaban J connectivity index is 1.65. The Morgan fingerprint density at radius 2 is 1.93 bits per heavy atom. The number of carbonyl (C=O) groups excluding carboxylic acids is 1. The number of alkyl halides is 2. The maximum absolute atomic E-state index is 12.4. The van der Waals surface area contributed by atoms with E-state index in [1.807, 2.05) is 35.7 Å². The molecule has 0 N–H and O–H groups in total. The normalized spacial score (nSPS) is 10.7. The molecule has 0 bridgehead atoms. The molecule has 140 valence electrons. The number of esters is 1. The van der Waals surface area contributed by atoms with E-state index in [0.29, 0.717) is 5.69 Å². The van der Waals surface area contributed by atoms with Crippen molar-refractivity contribution in [2.45, 2.75) is 13.2 Å². The largest absolute Gasteiger partial charge is 0.493 e. The lowest BCUT2D eigenvalue weighted by Crippen LogP contribution is -2.07. The zero-order valence-corrected chi connectivity index (χ0v) is 15.0. The monoisotopic (exact) mass is 391 g/mol. The number of ether oxygens (including phenoxy) is 3. The van der Waals surface area contributed by atoms with E-state index in [9.17, 15) is 13.6 Å². The average Bonchev–Trinajstić information content (AvgIpc) is 3.16. The van der Waals surface area contributed by atoms with Crippen LogP contribution in [0.25, 0.3) is 10.6 Å². The fraction of sp³-hybridized carbons (Fsp3) is 0.158. The first-order valence-electron chi connectivity index (χ1n) is 7.86. The summed E-state index contributed by atoms with van der Waals surface area (Å²) in [6, 6.07) is 13.5. The van der Waals surface area contributed by atoms with Crippen molar-refractivity contribution >= 4 is 17.3 Å². The molecule has 0 atom stereocenters. The van der Waals surface area contributed by atoms with Crippen LogP contribution in [0.2, 0.25) is 0 Å². The number of methoxy groups -OCH3 is 1. The minimum Gasteiger partial charge on any atom is -0.493 e. The number of hydrogen-bond acceptors (Lipinski definition) is 6. The summed E-state index contributed by atoms with van der Waals surface area (Å²) in [7, 11) is 1.29. The molecule has 0 aliphatic carbocycles. The van der Waals surface area contributed by atoms with Crippen molar-refractivity contribution in [3.8, 4) is 22.1 Å².